The zero-order chi connectivity index (χ0) is 13.0. The van der Waals surface area contributed by atoms with Gasteiger partial charge in [-0.25, -0.2) is 10.8 Å². The minimum atomic E-state index is -0.151. The molecule has 1 atom stereocenters. The first-order valence-corrected chi connectivity index (χ1v) is 6.09. The Hall–Kier alpha value is -1.66. The van der Waals surface area contributed by atoms with Crippen molar-refractivity contribution in [3.05, 3.63) is 23.9 Å². The van der Waals surface area contributed by atoms with Gasteiger partial charge in [-0.2, -0.15) is 0 Å². The maximum Gasteiger partial charge on any atom is 0.269 e. The Labute approximate surface area is 107 Å². The van der Waals surface area contributed by atoms with Crippen LogP contribution in [0.4, 0.5) is 5.82 Å². The lowest BCUT2D eigenvalue weighted by Gasteiger charge is -2.11. The van der Waals surface area contributed by atoms with Gasteiger partial charge in [-0.1, -0.05) is 6.07 Å². The van der Waals surface area contributed by atoms with E-state index in [0.29, 0.717) is 24.0 Å². The van der Waals surface area contributed by atoms with E-state index in [1.807, 2.05) is 0 Å². The molecule has 6 nitrogen and oxygen atoms in total. The first kappa shape index (κ1) is 12.8. The SMILES string of the molecule is CN1CCC(CNC(=O)c2cccc(NN)n2)C1. The third-order valence-electron chi connectivity index (χ3n) is 3.17. The number of aromatic nitrogens is 1. The highest BCUT2D eigenvalue weighted by atomic mass is 16.1. The van der Waals surface area contributed by atoms with Gasteiger partial charge in [0.2, 0.25) is 0 Å². The molecule has 2 heterocycles. The van der Waals surface area contributed by atoms with Gasteiger partial charge >= 0.3 is 0 Å². The zero-order valence-corrected chi connectivity index (χ0v) is 10.5. The predicted molar refractivity (Wildman–Crippen MR) is 70.0 cm³/mol. The van der Waals surface area contributed by atoms with Crippen molar-refractivity contribution >= 4 is 11.7 Å². The first-order chi connectivity index (χ1) is 8.69. The smallest absolute Gasteiger partial charge is 0.269 e. The van der Waals surface area contributed by atoms with Crippen molar-refractivity contribution in [1.82, 2.24) is 15.2 Å². The average molecular weight is 249 g/mol. The number of hydrogen-bond donors (Lipinski definition) is 3. The summed E-state index contributed by atoms with van der Waals surface area (Å²) < 4.78 is 0. The molecule has 0 spiro atoms. The molecule has 0 bridgehead atoms. The summed E-state index contributed by atoms with van der Waals surface area (Å²) in [5.41, 5.74) is 2.81. The van der Waals surface area contributed by atoms with Gasteiger partial charge in [0.25, 0.3) is 5.91 Å². The number of nitrogen functional groups attached to an aromatic ring is 1. The second-order valence-corrected chi connectivity index (χ2v) is 4.68. The van der Waals surface area contributed by atoms with Crippen LogP contribution >= 0.6 is 0 Å². The second kappa shape index (κ2) is 5.79. The van der Waals surface area contributed by atoms with Crippen LogP contribution in [-0.4, -0.2) is 42.5 Å². The summed E-state index contributed by atoms with van der Waals surface area (Å²) in [6.45, 7) is 2.84. The van der Waals surface area contributed by atoms with Crippen LogP contribution in [0.5, 0.6) is 0 Å². The molecule has 1 saturated heterocycles. The zero-order valence-electron chi connectivity index (χ0n) is 10.5. The van der Waals surface area contributed by atoms with Crippen molar-refractivity contribution in [2.24, 2.45) is 11.8 Å². The van der Waals surface area contributed by atoms with Gasteiger partial charge in [0, 0.05) is 13.1 Å². The van der Waals surface area contributed by atoms with Crippen LogP contribution in [0.25, 0.3) is 0 Å². The molecule has 18 heavy (non-hydrogen) atoms. The number of hydrazine groups is 1. The third kappa shape index (κ3) is 3.18. The maximum atomic E-state index is 11.9. The van der Waals surface area contributed by atoms with E-state index < -0.39 is 0 Å². The topological polar surface area (TPSA) is 83.3 Å². The molecule has 0 saturated carbocycles. The van der Waals surface area contributed by atoms with E-state index in [4.69, 9.17) is 5.84 Å². The Balaban J connectivity index is 1.87. The van der Waals surface area contributed by atoms with Gasteiger partial charge in [-0.15, -0.1) is 0 Å². The van der Waals surface area contributed by atoms with E-state index in [1.165, 1.54) is 0 Å². The van der Waals surface area contributed by atoms with Gasteiger partial charge in [-0.05, 0) is 38.1 Å². The van der Waals surface area contributed by atoms with Crippen LogP contribution in [0.15, 0.2) is 18.2 Å². The second-order valence-electron chi connectivity index (χ2n) is 4.68. The first-order valence-electron chi connectivity index (χ1n) is 6.09. The Bertz CT molecular complexity index is 423. The van der Waals surface area contributed by atoms with E-state index in [0.717, 1.165) is 19.5 Å². The van der Waals surface area contributed by atoms with Crippen LogP contribution in [0.3, 0.4) is 0 Å². The minimum Gasteiger partial charge on any atom is -0.350 e. The summed E-state index contributed by atoms with van der Waals surface area (Å²) in [5, 5.41) is 2.92. The highest BCUT2D eigenvalue weighted by Crippen LogP contribution is 2.13. The monoisotopic (exact) mass is 249 g/mol. The molecule has 0 aliphatic carbocycles. The van der Waals surface area contributed by atoms with E-state index >= 15 is 0 Å². The van der Waals surface area contributed by atoms with Crippen molar-refractivity contribution in [3.63, 3.8) is 0 Å². The van der Waals surface area contributed by atoms with Crippen molar-refractivity contribution < 1.29 is 4.79 Å². The molecule has 1 aromatic rings. The number of nitrogens with one attached hydrogen (secondary N) is 2. The number of pyridine rings is 1. The van der Waals surface area contributed by atoms with Gasteiger partial charge < -0.3 is 15.6 Å². The maximum absolute atomic E-state index is 11.9. The normalized spacial score (nSPS) is 19.8. The van der Waals surface area contributed by atoms with Crippen LogP contribution in [0.2, 0.25) is 0 Å². The van der Waals surface area contributed by atoms with Crippen molar-refractivity contribution in [1.29, 1.82) is 0 Å². The summed E-state index contributed by atoms with van der Waals surface area (Å²) in [4.78, 5) is 18.3. The van der Waals surface area contributed by atoms with Crippen LogP contribution < -0.4 is 16.6 Å². The number of nitrogens with two attached hydrogens (primary N) is 1. The van der Waals surface area contributed by atoms with Gasteiger partial charge in [0.15, 0.2) is 0 Å². The number of carbonyl (C=O) groups is 1. The number of likely N-dealkylation sites (tertiary alicyclic amines) is 1. The molecule has 1 aromatic heterocycles. The fourth-order valence-corrected chi connectivity index (χ4v) is 2.16. The number of rotatable bonds is 4. The Morgan fingerprint density at radius 3 is 3.11 bits per heavy atom. The fraction of sp³-hybridized carbons (Fsp3) is 0.500. The minimum absolute atomic E-state index is 0.151. The number of hydrogen-bond acceptors (Lipinski definition) is 5. The Morgan fingerprint density at radius 1 is 1.61 bits per heavy atom. The summed E-state index contributed by atoms with van der Waals surface area (Å²) in [6.07, 6.45) is 1.13. The molecule has 1 amide bonds. The molecule has 2 rings (SSSR count). The van der Waals surface area contributed by atoms with Gasteiger partial charge in [-0.3, -0.25) is 4.79 Å². The van der Waals surface area contributed by atoms with Crippen molar-refractivity contribution in [3.8, 4) is 0 Å². The van der Waals surface area contributed by atoms with Crippen LogP contribution in [0.1, 0.15) is 16.9 Å². The van der Waals surface area contributed by atoms with Crippen molar-refractivity contribution in [2.45, 2.75) is 6.42 Å². The highest BCUT2D eigenvalue weighted by molar-refractivity contribution is 5.92. The van der Waals surface area contributed by atoms with E-state index in [9.17, 15) is 4.79 Å². The number of nitrogens with zero attached hydrogens (tertiary/aromatic N) is 2. The van der Waals surface area contributed by atoms with E-state index in [2.05, 4.69) is 27.7 Å². The summed E-state index contributed by atoms with van der Waals surface area (Å²) in [5.74, 6) is 6.13. The lowest BCUT2D eigenvalue weighted by molar-refractivity contribution is 0.0942. The predicted octanol–water partition coefficient (Wildman–Crippen LogP) is 0.0487. The molecular weight excluding hydrogens is 230 g/mol. The molecule has 1 aliphatic rings. The lowest BCUT2D eigenvalue weighted by Crippen LogP contribution is -2.31. The number of anilines is 1. The van der Waals surface area contributed by atoms with Crippen LogP contribution in [0, 0.1) is 5.92 Å². The summed E-state index contributed by atoms with van der Waals surface area (Å²) in [6, 6.07) is 5.14. The van der Waals surface area contributed by atoms with Crippen LogP contribution in [-0.2, 0) is 0 Å². The average Bonchev–Trinajstić information content (AvgIpc) is 2.82. The molecule has 6 heteroatoms. The van der Waals surface area contributed by atoms with Crippen molar-refractivity contribution in [2.75, 3.05) is 32.1 Å². The lowest BCUT2D eigenvalue weighted by atomic mass is 10.1. The van der Waals surface area contributed by atoms with E-state index in [1.54, 1.807) is 18.2 Å². The summed E-state index contributed by atoms with van der Waals surface area (Å²) >= 11 is 0. The molecule has 4 N–H and O–H groups in total. The third-order valence-corrected chi connectivity index (χ3v) is 3.17. The molecule has 0 aromatic carbocycles. The molecular formula is C12H19N5O. The van der Waals surface area contributed by atoms with Gasteiger partial charge in [0.1, 0.15) is 11.5 Å². The standard InChI is InChI=1S/C12H19N5O/c1-17-6-5-9(8-17)7-14-12(18)10-3-2-4-11(15-10)16-13/h2-4,9H,5-8,13H2,1H3,(H,14,18)(H,15,16). The molecule has 1 aliphatic heterocycles. The molecule has 1 unspecified atom stereocenters. The quantitative estimate of drug-likeness (QED) is 0.519. The largest absolute Gasteiger partial charge is 0.350 e. The Morgan fingerprint density at radius 2 is 2.44 bits per heavy atom. The fourth-order valence-electron chi connectivity index (χ4n) is 2.16. The van der Waals surface area contributed by atoms with E-state index in [-0.39, 0.29) is 5.91 Å². The van der Waals surface area contributed by atoms with Gasteiger partial charge in [0.05, 0.1) is 0 Å². The molecule has 0 radical (unpaired) electrons. The molecule has 1 fully saturated rings. The Kier molecular flexibility index (Phi) is 4.11. The molecule has 98 valence electrons. The number of amides is 1. The highest BCUT2D eigenvalue weighted by Gasteiger charge is 2.20. The number of carbonyl (C=O) groups excluding carboxylic acids is 1. The summed E-state index contributed by atoms with van der Waals surface area (Å²) in [7, 11) is 2.10.